The maximum absolute atomic E-state index is 5.98. The number of hydrogen-bond donors (Lipinski definition) is 1. The number of nitrogens with two attached hydrogens (primary N) is 1. The smallest absolute Gasteiger partial charge is 0.405 e. The highest BCUT2D eigenvalue weighted by Gasteiger charge is 2.52. The van der Waals surface area contributed by atoms with Gasteiger partial charge in [0.15, 0.2) is 5.79 Å². The number of ether oxygens (including phenoxy) is 2. The number of allylic oxidation sites excluding steroid dienone is 1. The van der Waals surface area contributed by atoms with Gasteiger partial charge in [0.1, 0.15) is 0 Å². The summed E-state index contributed by atoms with van der Waals surface area (Å²) in [5.41, 5.74) is 5.66. The van der Waals surface area contributed by atoms with Gasteiger partial charge < -0.3 is 24.5 Å². The van der Waals surface area contributed by atoms with Gasteiger partial charge in [0, 0.05) is 24.1 Å². The molecule has 23 heavy (non-hydrogen) atoms. The van der Waals surface area contributed by atoms with E-state index < -0.39 is 24.1 Å². The first-order valence-electron chi connectivity index (χ1n) is 8.11. The van der Waals surface area contributed by atoms with Crippen LogP contribution in [0.2, 0.25) is 0 Å². The lowest BCUT2D eigenvalue weighted by Gasteiger charge is -2.34. The summed E-state index contributed by atoms with van der Waals surface area (Å²) in [6.07, 6.45) is 3.21. The minimum absolute atomic E-state index is 0.247. The Morgan fingerprint density at radius 1 is 1.09 bits per heavy atom. The Labute approximate surface area is 139 Å². The minimum atomic E-state index is -0.495. The Morgan fingerprint density at radius 2 is 1.61 bits per heavy atom. The first-order chi connectivity index (χ1) is 10.6. The van der Waals surface area contributed by atoms with E-state index in [1.54, 1.807) is 6.21 Å². The Hall–Kier alpha value is -0.885. The van der Waals surface area contributed by atoms with E-state index in [-0.39, 0.29) is 5.92 Å². The molecule has 2 saturated heterocycles. The second-order valence-corrected chi connectivity index (χ2v) is 7.64. The standard InChI is InChI=1S/C16H29BN2O4/c1-14(2)15(3,4)23-17(22-14)13(7-18)9-19-8-12-10-20-16(5,6)21-11-12/h7,9,12H,8,10-11,18H2,1-6H3. The fraction of sp³-hybridized carbons (Fsp3) is 0.812. The van der Waals surface area contributed by atoms with E-state index in [0.29, 0.717) is 19.8 Å². The van der Waals surface area contributed by atoms with E-state index in [2.05, 4.69) is 4.99 Å². The van der Waals surface area contributed by atoms with Crippen LogP contribution < -0.4 is 5.73 Å². The maximum Gasteiger partial charge on any atom is 0.497 e. The zero-order chi connectivity index (χ0) is 17.3. The highest BCUT2D eigenvalue weighted by molar-refractivity contribution is 6.60. The number of aliphatic imine (C=N–C) groups is 1. The van der Waals surface area contributed by atoms with Crippen LogP contribution in [-0.2, 0) is 18.8 Å². The minimum Gasteiger partial charge on any atom is -0.405 e. The van der Waals surface area contributed by atoms with Gasteiger partial charge >= 0.3 is 7.12 Å². The molecule has 0 amide bonds. The van der Waals surface area contributed by atoms with Crippen LogP contribution in [0.1, 0.15) is 41.5 Å². The average molecular weight is 324 g/mol. The quantitative estimate of drug-likeness (QED) is 0.632. The van der Waals surface area contributed by atoms with Crippen LogP contribution in [0.25, 0.3) is 0 Å². The first-order valence-corrected chi connectivity index (χ1v) is 8.11. The monoisotopic (exact) mass is 324 g/mol. The van der Waals surface area contributed by atoms with E-state index in [9.17, 15) is 0 Å². The summed E-state index contributed by atoms with van der Waals surface area (Å²) in [7, 11) is -0.494. The summed E-state index contributed by atoms with van der Waals surface area (Å²) in [6, 6.07) is 0. The third-order valence-electron chi connectivity index (χ3n) is 4.66. The fourth-order valence-electron chi connectivity index (χ4n) is 2.30. The molecule has 6 nitrogen and oxygen atoms in total. The molecular weight excluding hydrogens is 295 g/mol. The van der Waals surface area contributed by atoms with Gasteiger partial charge in [0.05, 0.1) is 24.4 Å². The third-order valence-corrected chi connectivity index (χ3v) is 4.66. The van der Waals surface area contributed by atoms with E-state index in [1.165, 1.54) is 6.20 Å². The van der Waals surface area contributed by atoms with Crippen LogP contribution in [-0.4, -0.2) is 50.1 Å². The lowest BCUT2D eigenvalue weighted by molar-refractivity contribution is -0.260. The van der Waals surface area contributed by atoms with Crippen molar-refractivity contribution in [3.8, 4) is 0 Å². The molecule has 2 aliphatic rings. The molecule has 0 aromatic heterocycles. The van der Waals surface area contributed by atoms with Crippen molar-refractivity contribution in [1.82, 2.24) is 0 Å². The molecule has 0 aromatic rings. The second-order valence-electron chi connectivity index (χ2n) is 7.64. The number of rotatable bonds is 4. The Balaban J connectivity index is 1.89. The number of hydrogen-bond acceptors (Lipinski definition) is 6. The predicted molar refractivity (Wildman–Crippen MR) is 91.2 cm³/mol. The van der Waals surface area contributed by atoms with Crippen molar-refractivity contribution in [3.63, 3.8) is 0 Å². The maximum atomic E-state index is 5.98. The zero-order valence-electron chi connectivity index (χ0n) is 15.1. The molecule has 0 atom stereocenters. The largest absolute Gasteiger partial charge is 0.497 e. The van der Waals surface area contributed by atoms with Crippen molar-refractivity contribution in [2.24, 2.45) is 16.6 Å². The summed E-state index contributed by atoms with van der Waals surface area (Å²) in [6.45, 7) is 13.8. The SMILES string of the molecule is CC1(C)OCC(CN=CC(=CN)B2OC(C)(C)C(C)(C)O2)CO1. The van der Waals surface area contributed by atoms with E-state index in [0.717, 1.165) is 5.47 Å². The van der Waals surface area contributed by atoms with Gasteiger partial charge in [-0.25, -0.2) is 0 Å². The molecule has 0 saturated carbocycles. The van der Waals surface area contributed by atoms with Crippen molar-refractivity contribution >= 4 is 13.3 Å². The van der Waals surface area contributed by atoms with Gasteiger partial charge in [-0.05, 0) is 47.7 Å². The second kappa shape index (κ2) is 6.55. The van der Waals surface area contributed by atoms with Crippen LogP contribution in [0.3, 0.4) is 0 Å². The van der Waals surface area contributed by atoms with E-state index >= 15 is 0 Å². The molecule has 2 heterocycles. The zero-order valence-corrected chi connectivity index (χ0v) is 15.1. The summed E-state index contributed by atoms with van der Waals surface area (Å²) < 4.78 is 23.2. The van der Waals surface area contributed by atoms with Crippen LogP contribution in [0, 0.1) is 5.92 Å². The lowest BCUT2D eigenvalue weighted by Crippen LogP contribution is -2.41. The van der Waals surface area contributed by atoms with Crippen molar-refractivity contribution < 1.29 is 18.8 Å². The van der Waals surface area contributed by atoms with Crippen molar-refractivity contribution in [2.75, 3.05) is 19.8 Å². The van der Waals surface area contributed by atoms with Gasteiger partial charge in [-0.3, -0.25) is 4.99 Å². The van der Waals surface area contributed by atoms with Crippen LogP contribution >= 0.6 is 0 Å². The van der Waals surface area contributed by atoms with Crippen LogP contribution in [0.4, 0.5) is 0 Å². The molecule has 0 aliphatic carbocycles. The number of nitrogens with zero attached hydrogens (tertiary/aromatic N) is 1. The summed E-state index contributed by atoms with van der Waals surface area (Å²) in [5, 5.41) is 0. The van der Waals surface area contributed by atoms with Gasteiger partial charge in [-0.1, -0.05) is 0 Å². The Kier molecular flexibility index (Phi) is 5.26. The third kappa shape index (κ3) is 4.35. The summed E-state index contributed by atoms with van der Waals surface area (Å²) >= 11 is 0. The van der Waals surface area contributed by atoms with Gasteiger partial charge in [-0.15, -0.1) is 0 Å². The molecule has 7 heteroatoms. The summed E-state index contributed by atoms with van der Waals surface area (Å²) in [4.78, 5) is 4.46. The van der Waals surface area contributed by atoms with Gasteiger partial charge in [-0.2, -0.15) is 0 Å². The van der Waals surface area contributed by atoms with Crippen molar-refractivity contribution in [2.45, 2.75) is 58.5 Å². The van der Waals surface area contributed by atoms with E-state index in [4.69, 9.17) is 24.5 Å². The molecule has 0 aromatic carbocycles. The van der Waals surface area contributed by atoms with Crippen molar-refractivity contribution in [1.29, 1.82) is 0 Å². The van der Waals surface area contributed by atoms with Crippen LogP contribution in [0.15, 0.2) is 16.7 Å². The molecule has 2 N–H and O–H groups in total. The normalized spacial score (nSPS) is 27.7. The Bertz CT molecular complexity index is 462. The molecule has 130 valence electrons. The lowest BCUT2D eigenvalue weighted by atomic mass is 9.79. The van der Waals surface area contributed by atoms with Crippen LogP contribution in [0.5, 0.6) is 0 Å². The molecular formula is C16H29BN2O4. The predicted octanol–water partition coefficient (Wildman–Crippen LogP) is 1.93. The first kappa shape index (κ1) is 18.5. The molecule has 0 unspecified atom stereocenters. The van der Waals surface area contributed by atoms with Crippen molar-refractivity contribution in [3.05, 3.63) is 11.7 Å². The topological polar surface area (TPSA) is 75.3 Å². The molecule has 2 aliphatic heterocycles. The Morgan fingerprint density at radius 3 is 2.09 bits per heavy atom. The fourth-order valence-corrected chi connectivity index (χ4v) is 2.30. The summed E-state index contributed by atoms with van der Waals surface area (Å²) in [5.74, 6) is -0.248. The molecule has 0 bridgehead atoms. The molecule has 2 fully saturated rings. The molecule has 0 spiro atoms. The molecule has 2 rings (SSSR count). The van der Waals surface area contributed by atoms with E-state index in [1.807, 2.05) is 41.5 Å². The molecule has 0 radical (unpaired) electrons. The highest BCUT2D eigenvalue weighted by Crippen LogP contribution is 2.38. The van der Waals surface area contributed by atoms with Gasteiger partial charge in [0.2, 0.25) is 0 Å². The average Bonchev–Trinajstić information content (AvgIpc) is 2.65. The highest BCUT2D eigenvalue weighted by atomic mass is 16.7. The van der Waals surface area contributed by atoms with Gasteiger partial charge in [0.25, 0.3) is 0 Å².